The third kappa shape index (κ3) is 6.61. The fraction of sp³-hybridized carbons (Fsp3) is 0.500. The first kappa shape index (κ1) is 15.2. The Morgan fingerprint density at radius 1 is 1.37 bits per heavy atom. The molecule has 1 atom stereocenters. The van der Waals surface area contributed by atoms with Crippen molar-refractivity contribution < 1.29 is 9.53 Å². The number of esters is 1. The van der Waals surface area contributed by atoms with Crippen LogP contribution in [0.1, 0.15) is 57.7 Å². The molecule has 0 N–H and O–H groups in total. The van der Waals surface area contributed by atoms with Gasteiger partial charge in [-0.15, -0.1) is 0 Å². The van der Waals surface area contributed by atoms with Gasteiger partial charge in [0.05, 0.1) is 5.69 Å². The van der Waals surface area contributed by atoms with Crippen molar-refractivity contribution in [1.82, 2.24) is 4.98 Å². The van der Waals surface area contributed by atoms with Crippen molar-refractivity contribution in [3.63, 3.8) is 0 Å². The molecule has 102 valence electrons. The Morgan fingerprint density at radius 3 is 2.84 bits per heavy atom. The third-order valence-electron chi connectivity index (χ3n) is 2.63. The van der Waals surface area contributed by atoms with E-state index >= 15 is 0 Å². The molecule has 1 rings (SSSR count). The standard InChI is InChI=1S/C16H21NO2/c1-3-4-5-6-7-8-12-16(19-14(2)18)15-11-9-10-13-17-15/h9-11,13,16H,3-7H2,1-2H3. The van der Waals surface area contributed by atoms with E-state index in [4.69, 9.17) is 4.74 Å². The number of ether oxygens (including phenoxy) is 1. The summed E-state index contributed by atoms with van der Waals surface area (Å²) in [5.41, 5.74) is 0.679. The van der Waals surface area contributed by atoms with Gasteiger partial charge in [0.25, 0.3) is 0 Å². The Labute approximate surface area is 115 Å². The molecule has 0 bridgehead atoms. The Hall–Kier alpha value is -1.82. The van der Waals surface area contributed by atoms with Crippen LogP contribution in [0.15, 0.2) is 24.4 Å². The fourth-order valence-electron chi connectivity index (χ4n) is 1.67. The van der Waals surface area contributed by atoms with Crippen LogP contribution in [0.25, 0.3) is 0 Å². The topological polar surface area (TPSA) is 39.2 Å². The van der Waals surface area contributed by atoms with Crippen LogP contribution >= 0.6 is 0 Å². The monoisotopic (exact) mass is 259 g/mol. The van der Waals surface area contributed by atoms with Crippen LogP contribution in [0.4, 0.5) is 0 Å². The zero-order valence-corrected chi connectivity index (χ0v) is 11.7. The van der Waals surface area contributed by atoms with E-state index in [2.05, 4.69) is 23.7 Å². The van der Waals surface area contributed by atoms with E-state index in [0.29, 0.717) is 5.69 Å². The minimum absolute atomic E-state index is 0.337. The molecule has 0 aliphatic rings. The highest BCUT2D eigenvalue weighted by Gasteiger charge is 2.12. The largest absolute Gasteiger partial charge is 0.443 e. The molecule has 0 saturated carbocycles. The van der Waals surface area contributed by atoms with Gasteiger partial charge in [-0.05, 0) is 18.6 Å². The average Bonchev–Trinajstić information content (AvgIpc) is 2.42. The maximum Gasteiger partial charge on any atom is 0.304 e. The first-order valence-corrected chi connectivity index (χ1v) is 6.80. The molecule has 0 radical (unpaired) electrons. The quantitative estimate of drug-likeness (QED) is 0.444. The van der Waals surface area contributed by atoms with Crippen LogP contribution in [0.3, 0.4) is 0 Å². The lowest BCUT2D eigenvalue weighted by Gasteiger charge is -2.09. The average molecular weight is 259 g/mol. The van der Waals surface area contributed by atoms with Gasteiger partial charge in [-0.25, -0.2) is 0 Å². The van der Waals surface area contributed by atoms with Gasteiger partial charge < -0.3 is 4.74 Å². The highest BCUT2D eigenvalue weighted by atomic mass is 16.5. The van der Waals surface area contributed by atoms with Crippen LogP contribution in [0.2, 0.25) is 0 Å². The zero-order chi connectivity index (χ0) is 13.9. The lowest BCUT2D eigenvalue weighted by molar-refractivity contribution is -0.144. The third-order valence-corrected chi connectivity index (χ3v) is 2.63. The number of rotatable bonds is 6. The Balaban J connectivity index is 2.56. The van der Waals surface area contributed by atoms with Gasteiger partial charge in [0, 0.05) is 19.5 Å². The molecule has 0 aliphatic carbocycles. The summed E-state index contributed by atoms with van der Waals surface area (Å²) in [5.74, 6) is 5.73. The maximum atomic E-state index is 11.1. The molecule has 1 aromatic heterocycles. The summed E-state index contributed by atoms with van der Waals surface area (Å²) >= 11 is 0. The lowest BCUT2D eigenvalue weighted by Crippen LogP contribution is -2.08. The second-order valence-electron chi connectivity index (χ2n) is 4.38. The predicted octanol–water partition coefficient (Wildman–Crippen LogP) is 3.66. The van der Waals surface area contributed by atoms with Crippen molar-refractivity contribution in [3.05, 3.63) is 30.1 Å². The summed E-state index contributed by atoms with van der Waals surface area (Å²) < 4.78 is 5.19. The molecule has 3 nitrogen and oxygen atoms in total. The van der Waals surface area contributed by atoms with E-state index in [-0.39, 0.29) is 5.97 Å². The van der Waals surface area contributed by atoms with Gasteiger partial charge in [-0.3, -0.25) is 9.78 Å². The summed E-state index contributed by atoms with van der Waals surface area (Å²) in [6.45, 7) is 3.57. The van der Waals surface area contributed by atoms with Crippen molar-refractivity contribution in [3.8, 4) is 11.8 Å². The Kier molecular flexibility index (Phi) is 7.34. The smallest absolute Gasteiger partial charge is 0.304 e. The minimum Gasteiger partial charge on any atom is -0.443 e. The number of pyridine rings is 1. The van der Waals surface area contributed by atoms with Crippen molar-refractivity contribution in [2.45, 2.75) is 52.1 Å². The van der Waals surface area contributed by atoms with Gasteiger partial charge in [0.2, 0.25) is 6.10 Å². The van der Waals surface area contributed by atoms with E-state index in [1.807, 2.05) is 18.2 Å². The first-order chi connectivity index (χ1) is 9.24. The second kappa shape index (κ2) is 9.16. The van der Waals surface area contributed by atoms with Crippen molar-refractivity contribution in [1.29, 1.82) is 0 Å². The molecular weight excluding hydrogens is 238 g/mol. The summed E-state index contributed by atoms with van der Waals surface area (Å²) in [5, 5.41) is 0. The number of hydrogen-bond acceptors (Lipinski definition) is 3. The van der Waals surface area contributed by atoms with E-state index in [1.165, 1.54) is 26.2 Å². The summed E-state index contributed by atoms with van der Waals surface area (Å²) in [4.78, 5) is 15.3. The molecule has 0 aliphatic heterocycles. The molecule has 3 heteroatoms. The van der Waals surface area contributed by atoms with E-state index < -0.39 is 6.10 Å². The molecule has 0 spiro atoms. The van der Waals surface area contributed by atoms with E-state index in [0.717, 1.165) is 12.8 Å². The predicted molar refractivity (Wildman–Crippen MR) is 75.3 cm³/mol. The number of aromatic nitrogens is 1. The number of unbranched alkanes of at least 4 members (excludes halogenated alkanes) is 4. The number of carbonyl (C=O) groups excluding carboxylic acids is 1. The van der Waals surface area contributed by atoms with Gasteiger partial charge in [-0.1, -0.05) is 44.1 Å². The molecule has 0 aromatic carbocycles. The van der Waals surface area contributed by atoms with Gasteiger partial charge in [0.1, 0.15) is 0 Å². The van der Waals surface area contributed by atoms with Gasteiger partial charge >= 0.3 is 5.97 Å². The Morgan fingerprint density at radius 2 is 2.21 bits per heavy atom. The normalized spacial score (nSPS) is 11.3. The molecule has 19 heavy (non-hydrogen) atoms. The highest BCUT2D eigenvalue weighted by molar-refractivity contribution is 5.66. The fourth-order valence-corrected chi connectivity index (χ4v) is 1.67. The summed E-state index contributed by atoms with van der Waals surface area (Å²) in [6.07, 6.45) is 6.72. The van der Waals surface area contributed by atoms with Crippen LogP contribution in [-0.4, -0.2) is 11.0 Å². The Bertz CT molecular complexity index is 431. The van der Waals surface area contributed by atoms with Gasteiger partial charge in [0.15, 0.2) is 0 Å². The minimum atomic E-state index is -0.551. The van der Waals surface area contributed by atoms with Crippen molar-refractivity contribution in [2.75, 3.05) is 0 Å². The molecule has 1 aromatic rings. The molecule has 0 saturated heterocycles. The summed E-state index contributed by atoms with van der Waals surface area (Å²) in [6, 6.07) is 5.51. The number of nitrogens with zero attached hydrogens (tertiary/aromatic N) is 1. The maximum absolute atomic E-state index is 11.1. The highest BCUT2D eigenvalue weighted by Crippen LogP contribution is 2.14. The zero-order valence-electron chi connectivity index (χ0n) is 11.7. The van der Waals surface area contributed by atoms with E-state index in [9.17, 15) is 4.79 Å². The van der Waals surface area contributed by atoms with Crippen molar-refractivity contribution >= 4 is 5.97 Å². The van der Waals surface area contributed by atoms with Crippen LogP contribution in [0, 0.1) is 11.8 Å². The molecule has 0 fully saturated rings. The van der Waals surface area contributed by atoms with Crippen LogP contribution < -0.4 is 0 Å². The first-order valence-electron chi connectivity index (χ1n) is 6.80. The summed E-state index contributed by atoms with van der Waals surface area (Å²) in [7, 11) is 0. The number of carbonyl (C=O) groups is 1. The molecule has 1 unspecified atom stereocenters. The second-order valence-corrected chi connectivity index (χ2v) is 4.38. The SMILES string of the molecule is CCCCCCC#CC(OC(C)=O)c1ccccn1. The van der Waals surface area contributed by atoms with Gasteiger partial charge in [-0.2, -0.15) is 0 Å². The van der Waals surface area contributed by atoms with Crippen molar-refractivity contribution in [2.24, 2.45) is 0 Å². The molecular formula is C16H21NO2. The molecule has 1 heterocycles. The van der Waals surface area contributed by atoms with Crippen LogP contribution in [0.5, 0.6) is 0 Å². The van der Waals surface area contributed by atoms with Crippen LogP contribution in [-0.2, 0) is 9.53 Å². The lowest BCUT2D eigenvalue weighted by atomic mass is 10.1. The number of hydrogen-bond donors (Lipinski definition) is 0. The molecule has 0 amide bonds. The van der Waals surface area contributed by atoms with E-state index in [1.54, 1.807) is 6.20 Å².